The summed E-state index contributed by atoms with van der Waals surface area (Å²) in [6, 6.07) is 11.6. The van der Waals surface area contributed by atoms with Crippen LogP contribution in [0.5, 0.6) is 0 Å². The molecular formula is C20H27FN4O2S. The van der Waals surface area contributed by atoms with Gasteiger partial charge in [-0.3, -0.25) is 0 Å². The Labute approximate surface area is 166 Å². The summed E-state index contributed by atoms with van der Waals surface area (Å²) in [6.45, 7) is 7.11. The molecule has 0 saturated carbocycles. The van der Waals surface area contributed by atoms with Gasteiger partial charge in [0.15, 0.2) is 5.96 Å². The van der Waals surface area contributed by atoms with Crippen molar-refractivity contribution in [2.24, 2.45) is 4.99 Å². The number of nitrogens with zero attached hydrogens (tertiary/aromatic N) is 1. The van der Waals surface area contributed by atoms with E-state index in [1.165, 1.54) is 12.1 Å². The molecule has 0 fully saturated rings. The molecule has 28 heavy (non-hydrogen) atoms. The van der Waals surface area contributed by atoms with E-state index < -0.39 is 10.0 Å². The maximum atomic E-state index is 13.2. The highest BCUT2D eigenvalue weighted by Gasteiger charge is 2.16. The van der Waals surface area contributed by atoms with Crippen LogP contribution >= 0.6 is 0 Å². The first-order valence-electron chi connectivity index (χ1n) is 9.15. The molecule has 2 rings (SSSR count). The fraction of sp³-hybridized carbons (Fsp3) is 0.350. The van der Waals surface area contributed by atoms with E-state index in [4.69, 9.17) is 0 Å². The first-order valence-corrected chi connectivity index (χ1v) is 10.6. The summed E-state index contributed by atoms with van der Waals surface area (Å²) in [5, 5.41) is 6.16. The fourth-order valence-corrected chi connectivity index (χ4v) is 3.95. The number of nitrogens with one attached hydrogen (secondary N) is 3. The number of rotatable bonds is 8. The molecule has 0 aliphatic heterocycles. The largest absolute Gasteiger partial charge is 0.357 e. The van der Waals surface area contributed by atoms with Crippen molar-refractivity contribution < 1.29 is 12.8 Å². The van der Waals surface area contributed by atoms with Crippen LogP contribution in [0.15, 0.2) is 52.4 Å². The minimum Gasteiger partial charge on any atom is -0.357 e. The lowest BCUT2D eigenvalue weighted by Gasteiger charge is -2.13. The van der Waals surface area contributed by atoms with Crippen LogP contribution in [0, 0.1) is 19.7 Å². The molecule has 0 atom stereocenters. The fourth-order valence-electron chi connectivity index (χ4n) is 2.59. The van der Waals surface area contributed by atoms with Gasteiger partial charge in [0.1, 0.15) is 5.82 Å². The van der Waals surface area contributed by atoms with Gasteiger partial charge in [-0.05, 0) is 55.7 Å². The number of aliphatic imine (C=N–C) groups is 1. The van der Waals surface area contributed by atoms with Gasteiger partial charge < -0.3 is 10.6 Å². The molecule has 0 radical (unpaired) electrons. The lowest BCUT2D eigenvalue weighted by molar-refractivity contribution is 0.580. The molecular weight excluding hydrogens is 379 g/mol. The molecule has 3 N–H and O–H groups in total. The van der Waals surface area contributed by atoms with Crippen LogP contribution in [0.25, 0.3) is 0 Å². The third-order valence-corrected chi connectivity index (χ3v) is 5.60. The second-order valence-corrected chi connectivity index (χ2v) is 8.15. The first kappa shape index (κ1) is 21.8. The van der Waals surface area contributed by atoms with Gasteiger partial charge in [0, 0.05) is 19.6 Å². The Balaban J connectivity index is 1.91. The van der Waals surface area contributed by atoms with Crippen LogP contribution in [0.1, 0.15) is 23.6 Å². The number of guanidine groups is 1. The van der Waals surface area contributed by atoms with Gasteiger partial charge in [0.05, 0.1) is 11.4 Å². The standard InChI is InChI=1S/C20H27FN4O2S/c1-4-22-20(24-14-17-6-5-7-18(21)13-17)23-10-11-25-28(26,27)19-12-15(2)8-9-16(19)3/h5-9,12-13,25H,4,10-11,14H2,1-3H3,(H2,22,23,24). The zero-order valence-corrected chi connectivity index (χ0v) is 17.2. The summed E-state index contributed by atoms with van der Waals surface area (Å²) in [6.07, 6.45) is 0. The maximum Gasteiger partial charge on any atom is 0.240 e. The van der Waals surface area contributed by atoms with E-state index in [1.54, 1.807) is 31.2 Å². The molecule has 2 aromatic carbocycles. The van der Waals surface area contributed by atoms with Crippen LogP contribution in [-0.2, 0) is 16.6 Å². The van der Waals surface area contributed by atoms with E-state index in [0.717, 1.165) is 11.1 Å². The summed E-state index contributed by atoms with van der Waals surface area (Å²) in [5.41, 5.74) is 2.35. The van der Waals surface area contributed by atoms with Crippen LogP contribution in [0.3, 0.4) is 0 Å². The molecule has 152 valence electrons. The van der Waals surface area contributed by atoms with E-state index in [1.807, 2.05) is 19.9 Å². The Bertz CT molecular complexity index is 930. The Kier molecular flexibility index (Phi) is 7.95. The van der Waals surface area contributed by atoms with E-state index in [0.29, 0.717) is 36.1 Å². The molecule has 0 amide bonds. The zero-order valence-electron chi connectivity index (χ0n) is 16.4. The van der Waals surface area contributed by atoms with Crippen molar-refractivity contribution in [3.05, 3.63) is 65.0 Å². The average molecular weight is 407 g/mol. The van der Waals surface area contributed by atoms with E-state index in [-0.39, 0.29) is 12.4 Å². The second kappa shape index (κ2) is 10.2. The minimum absolute atomic E-state index is 0.208. The number of hydrogen-bond donors (Lipinski definition) is 3. The van der Waals surface area contributed by atoms with Gasteiger partial charge >= 0.3 is 0 Å². The van der Waals surface area contributed by atoms with Crippen molar-refractivity contribution in [2.45, 2.75) is 32.2 Å². The number of halogens is 1. The minimum atomic E-state index is -3.58. The van der Waals surface area contributed by atoms with Crippen molar-refractivity contribution in [1.29, 1.82) is 0 Å². The highest BCUT2D eigenvalue weighted by atomic mass is 32.2. The lowest BCUT2D eigenvalue weighted by atomic mass is 10.2. The van der Waals surface area contributed by atoms with Crippen molar-refractivity contribution >= 4 is 16.0 Å². The van der Waals surface area contributed by atoms with Crippen LogP contribution < -0.4 is 15.4 Å². The Morgan fingerprint density at radius 2 is 1.86 bits per heavy atom. The third-order valence-electron chi connectivity index (χ3n) is 4.00. The van der Waals surface area contributed by atoms with E-state index >= 15 is 0 Å². The Hall–Kier alpha value is -2.45. The summed E-state index contributed by atoms with van der Waals surface area (Å²) in [5.74, 6) is 0.240. The summed E-state index contributed by atoms with van der Waals surface area (Å²) < 4.78 is 40.8. The van der Waals surface area contributed by atoms with E-state index in [2.05, 4.69) is 20.3 Å². The van der Waals surface area contributed by atoms with Crippen molar-refractivity contribution in [1.82, 2.24) is 15.4 Å². The number of hydrogen-bond acceptors (Lipinski definition) is 3. The molecule has 0 unspecified atom stereocenters. The predicted octanol–water partition coefficient (Wildman–Crippen LogP) is 2.48. The maximum absolute atomic E-state index is 13.2. The summed E-state index contributed by atoms with van der Waals surface area (Å²) >= 11 is 0. The number of benzene rings is 2. The Morgan fingerprint density at radius 1 is 1.07 bits per heavy atom. The molecule has 0 aliphatic carbocycles. The molecule has 0 saturated heterocycles. The van der Waals surface area contributed by atoms with Crippen molar-refractivity contribution in [3.63, 3.8) is 0 Å². The van der Waals surface area contributed by atoms with E-state index in [9.17, 15) is 12.8 Å². The van der Waals surface area contributed by atoms with Gasteiger partial charge in [0.2, 0.25) is 10.0 Å². The van der Waals surface area contributed by atoms with Crippen LogP contribution in [-0.4, -0.2) is 34.0 Å². The lowest BCUT2D eigenvalue weighted by Crippen LogP contribution is -2.41. The topological polar surface area (TPSA) is 82.6 Å². The second-order valence-electron chi connectivity index (χ2n) is 6.42. The third kappa shape index (κ3) is 6.61. The molecule has 0 aromatic heterocycles. The molecule has 8 heteroatoms. The van der Waals surface area contributed by atoms with Gasteiger partial charge in [-0.1, -0.05) is 24.3 Å². The molecule has 6 nitrogen and oxygen atoms in total. The van der Waals surface area contributed by atoms with Crippen molar-refractivity contribution in [3.8, 4) is 0 Å². The molecule has 2 aromatic rings. The first-order chi connectivity index (χ1) is 13.3. The smallest absolute Gasteiger partial charge is 0.240 e. The van der Waals surface area contributed by atoms with Gasteiger partial charge in [-0.2, -0.15) is 0 Å². The van der Waals surface area contributed by atoms with Gasteiger partial charge in [-0.25, -0.2) is 22.5 Å². The average Bonchev–Trinajstić information content (AvgIpc) is 2.65. The Morgan fingerprint density at radius 3 is 2.57 bits per heavy atom. The van der Waals surface area contributed by atoms with Crippen LogP contribution in [0.2, 0.25) is 0 Å². The summed E-state index contributed by atoms with van der Waals surface area (Å²) in [4.78, 5) is 4.68. The predicted molar refractivity (Wildman–Crippen MR) is 110 cm³/mol. The zero-order chi connectivity index (χ0) is 20.6. The molecule has 0 heterocycles. The normalized spacial score (nSPS) is 12.1. The monoisotopic (exact) mass is 406 g/mol. The van der Waals surface area contributed by atoms with Gasteiger partial charge in [-0.15, -0.1) is 0 Å². The SMILES string of the molecule is CCNC(=NCc1cccc(F)c1)NCCNS(=O)(=O)c1cc(C)ccc1C. The quantitative estimate of drug-likeness (QED) is 0.357. The summed E-state index contributed by atoms with van der Waals surface area (Å²) in [7, 11) is -3.58. The highest BCUT2D eigenvalue weighted by Crippen LogP contribution is 2.16. The van der Waals surface area contributed by atoms with Crippen molar-refractivity contribution in [2.75, 3.05) is 19.6 Å². The van der Waals surface area contributed by atoms with Crippen LogP contribution in [0.4, 0.5) is 4.39 Å². The number of sulfonamides is 1. The number of aryl methyl sites for hydroxylation is 2. The molecule has 0 bridgehead atoms. The highest BCUT2D eigenvalue weighted by molar-refractivity contribution is 7.89. The molecule has 0 spiro atoms. The molecule has 0 aliphatic rings. The van der Waals surface area contributed by atoms with Gasteiger partial charge in [0.25, 0.3) is 0 Å².